The van der Waals surface area contributed by atoms with E-state index in [4.69, 9.17) is 9.59 Å². The largest absolute Gasteiger partial charge is 0.697 e. The standard InChI is InChI=1S/C4H10O3P.2CH2OS/c1-3-6-8(5)7-4-2;2*2-1-3/h3-4H2,1-2H3;2*1H,(H,2,3)/q+1;;. The molecule has 0 aromatic heterocycles. The van der Waals surface area contributed by atoms with Crippen molar-refractivity contribution in [2.45, 2.75) is 13.8 Å². The molecule has 0 saturated carbocycles. The van der Waals surface area contributed by atoms with Gasteiger partial charge in [-0.15, -0.1) is 34.3 Å². The first-order valence-electron chi connectivity index (χ1n) is 3.53. The summed E-state index contributed by atoms with van der Waals surface area (Å²) in [5.41, 5.74) is 0.889. The van der Waals surface area contributed by atoms with Gasteiger partial charge in [-0.05, 0) is 13.8 Å². The van der Waals surface area contributed by atoms with E-state index in [-0.39, 0.29) is 0 Å². The molecule has 8 heteroatoms. The monoisotopic (exact) mass is 261 g/mol. The van der Waals surface area contributed by atoms with Gasteiger partial charge in [0, 0.05) is 4.57 Å². The summed E-state index contributed by atoms with van der Waals surface area (Å²) in [4.78, 5) is 17.3. The average molecular weight is 261 g/mol. The lowest BCUT2D eigenvalue weighted by Gasteiger charge is -1.78. The van der Waals surface area contributed by atoms with Gasteiger partial charge in [0.25, 0.3) is 0 Å². The number of rotatable bonds is 4. The summed E-state index contributed by atoms with van der Waals surface area (Å²) < 4.78 is 19.5. The highest BCUT2D eigenvalue weighted by Gasteiger charge is 2.15. The number of thiol groups is 2. The Kier molecular flexibility index (Phi) is 32.4. The average Bonchev–Trinajstić information content (AvgIpc) is 2.07. The molecule has 0 amide bonds. The molecule has 0 N–H and O–H groups in total. The first-order valence-corrected chi connectivity index (χ1v) is 5.66. The molecule has 0 bridgehead atoms. The van der Waals surface area contributed by atoms with Crippen LogP contribution in [0.2, 0.25) is 0 Å². The van der Waals surface area contributed by atoms with E-state index in [1.165, 1.54) is 0 Å². The topological polar surface area (TPSA) is 69.7 Å². The molecule has 0 unspecified atom stereocenters. The van der Waals surface area contributed by atoms with Crippen molar-refractivity contribution < 1.29 is 23.2 Å². The van der Waals surface area contributed by atoms with Crippen molar-refractivity contribution in [3.63, 3.8) is 0 Å². The molecule has 14 heavy (non-hydrogen) atoms. The van der Waals surface area contributed by atoms with Crippen molar-refractivity contribution >= 4 is 44.7 Å². The fraction of sp³-hybridized carbons (Fsp3) is 0.667. The molecule has 5 nitrogen and oxygen atoms in total. The predicted octanol–water partition coefficient (Wildman–Crippen LogP) is 1.93. The summed E-state index contributed by atoms with van der Waals surface area (Å²) in [5, 5.41) is 0. The quantitative estimate of drug-likeness (QED) is 0.460. The molecule has 0 atom stereocenters. The lowest BCUT2D eigenvalue weighted by Crippen LogP contribution is -1.81. The van der Waals surface area contributed by atoms with Crippen molar-refractivity contribution in [3.8, 4) is 0 Å². The van der Waals surface area contributed by atoms with Crippen LogP contribution in [0.25, 0.3) is 0 Å². The zero-order chi connectivity index (χ0) is 11.8. The van der Waals surface area contributed by atoms with Gasteiger partial charge in [0.15, 0.2) is 11.2 Å². The van der Waals surface area contributed by atoms with E-state index in [1.54, 1.807) is 13.8 Å². The van der Waals surface area contributed by atoms with E-state index in [1.807, 2.05) is 0 Å². The van der Waals surface area contributed by atoms with Gasteiger partial charge >= 0.3 is 8.25 Å². The van der Waals surface area contributed by atoms with E-state index in [2.05, 4.69) is 34.3 Å². The number of hydrogen-bond donors (Lipinski definition) is 2. The Labute approximate surface area is 95.3 Å². The molecule has 0 spiro atoms. The van der Waals surface area contributed by atoms with Crippen LogP contribution >= 0.6 is 33.5 Å². The van der Waals surface area contributed by atoms with Gasteiger partial charge in [0.05, 0.1) is 0 Å². The minimum absolute atomic E-state index is 0.440. The fourth-order valence-corrected chi connectivity index (χ4v) is 0.744. The Hall–Kier alpha value is 0.0600. The summed E-state index contributed by atoms with van der Waals surface area (Å²) in [5.74, 6) is 0. The van der Waals surface area contributed by atoms with Crippen LogP contribution in [0.1, 0.15) is 13.8 Å². The van der Waals surface area contributed by atoms with Crippen LogP contribution in [0.5, 0.6) is 0 Å². The Morgan fingerprint density at radius 3 is 1.43 bits per heavy atom. The van der Waals surface area contributed by atoms with Gasteiger partial charge in [-0.2, -0.15) is 0 Å². The van der Waals surface area contributed by atoms with Crippen LogP contribution in [-0.2, 0) is 23.2 Å². The van der Waals surface area contributed by atoms with Crippen LogP contribution in [0.15, 0.2) is 0 Å². The SMILES string of the molecule is CCO[P+](=O)OCC.O=CS.O=CS. The normalized spacial score (nSPS) is 7.14. The van der Waals surface area contributed by atoms with Crippen molar-refractivity contribution in [2.24, 2.45) is 0 Å². The molecule has 0 fully saturated rings. The van der Waals surface area contributed by atoms with Gasteiger partial charge in [0.1, 0.15) is 13.2 Å². The van der Waals surface area contributed by atoms with Gasteiger partial charge in [-0.3, -0.25) is 9.59 Å². The Morgan fingerprint density at radius 2 is 1.29 bits per heavy atom. The lowest BCUT2D eigenvalue weighted by atomic mass is 10.9. The molecule has 0 rings (SSSR count). The van der Waals surface area contributed by atoms with Crippen LogP contribution in [0, 0.1) is 0 Å². The van der Waals surface area contributed by atoms with E-state index in [0.717, 1.165) is 0 Å². The predicted molar refractivity (Wildman–Crippen MR) is 62.3 cm³/mol. The van der Waals surface area contributed by atoms with Crippen molar-refractivity contribution in [1.29, 1.82) is 0 Å². The zero-order valence-corrected chi connectivity index (χ0v) is 10.6. The molecule has 0 aliphatic carbocycles. The second-order valence-corrected chi connectivity index (χ2v) is 2.66. The Morgan fingerprint density at radius 1 is 1.07 bits per heavy atom. The Balaban J connectivity index is -0.000000168. The van der Waals surface area contributed by atoms with Crippen LogP contribution in [0.4, 0.5) is 0 Å². The second-order valence-electron chi connectivity index (χ2n) is 1.27. The molecule has 84 valence electrons. The fourth-order valence-electron chi connectivity index (χ4n) is 0.248. The molecule has 0 radical (unpaired) electrons. The van der Waals surface area contributed by atoms with E-state index in [0.29, 0.717) is 24.5 Å². The molecular weight excluding hydrogens is 247 g/mol. The maximum atomic E-state index is 10.3. The summed E-state index contributed by atoms with van der Waals surface area (Å²) in [6.07, 6.45) is 0. The minimum atomic E-state index is -1.83. The third-order valence-corrected chi connectivity index (χ3v) is 1.41. The van der Waals surface area contributed by atoms with Crippen LogP contribution in [-0.4, -0.2) is 24.5 Å². The number of hydrogen-bond acceptors (Lipinski definition) is 5. The highest BCUT2D eigenvalue weighted by atomic mass is 32.1. The molecule has 0 aliphatic rings. The number of carbonyl (C=O) groups is 2. The molecule has 0 aromatic rings. The van der Waals surface area contributed by atoms with Gasteiger partial charge < -0.3 is 0 Å². The zero-order valence-electron chi connectivity index (χ0n) is 7.95. The highest BCUT2D eigenvalue weighted by Crippen LogP contribution is 2.21. The van der Waals surface area contributed by atoms with E-state index < -0.39 is 8.25 Å². The van der Waals surface area contributed by atoms with E-state index in [9.17, 15) is 4.57 Å². The summed E-state index contributed by atoms with van der Waals surface area (Å²) >= 11 is 6.22. The summed E-state index contributed by atoms with van der Waals surface area (Å²) in [6.45, 7) is 4.42. The van der Waals surface area contributed by atoms with Crippen LogP contribution in [0.3, 0.4) is 0 Å². The van der Waals surface area contributed by atoms with Crippen molar-refractivity contribution in [3.05, 3.63) is 0 Å². The molecule has 0 saturated heterocycles. The first kappa shape index (κ1) is 19.6. The molecule has 0 heterocycles. The van der Waals surface area contributed by atoms with Crippen molar-refractivity contribution in [1.82, 2.24) is 0 Å². The van der Waals surface area contributed by atoms with Crippen LogP contribution < -0.4 is 0 Å². The maximum Gasteiger partial charge on any atom is 0.697 e. The summed E-state index contributed by atoms with van der Waals surface area (Å²) in [6, 6.07) is 0. The smallest absolute Gasteiger partial charge is 0.291 e. The first-order chi connectivity index (χ1) is 6.64. The minimum Gasteiger partial charge on any atom is -0.291 e. The number of carbonyl (C=O) groups excluding carboxylic acids is 2. The van der Waals surface area contributed by atoms with Gasteiger partial charge in [0.2, 0.25) is 0 Å². The second kappa shape index (κ2) is 23.1. The van der Waals surface area contributed by atoms with E-state index >= 15 is 0 Å². The van der Waals surface area contributed by atoms with Crippen molar-refractivity contribution in [2.75, 3.05) is 13.2 Å². The highest BCUT2D eigenvalue weighted by molar-refractivity contribution is 7.94. The maximum absolute atomic E-state index is 10.3. The summed E-state index contributed by atoms with van der Waals surface area (Å²) in [7, 11) is -1.83. The third-order valence-electron chi connectivity index (χ3n) is 0.469. The lowest BCUT2D eigenvalue weighted by molar-refractivity contribution is 0.243. The third kappa shape index (κ3) is 40.2. The Bertz CT molecular complexity index is 130. The van der Waals surface area contributed by atoms with Gasteiger partial charge in [-0.1, -0.05) is 0 Å². The van der Waals surface area contributed by atoms with Gasteiger partial charge in [-0.25, -0.2) is 0 Å². The molecule has 0 aromatic carbocycles. The molecular formula is C6H14O5PS2+. The molecule has 0 aliphatic heterocycles.